The Labute approximate surface area is 108 Å². The molecule has 0 aliphatic carbocycles. The number of nitrogens with zero attached hydrogens (tertiary/aromatic N) is 2. The van der Waals surface area contributed by atoms with Crippen LogP contribution in [0.1, 0.15) is 12.0 Å². The van der Waals surface area contributed by atoms with Crippen LogP contribution in [0.15, 0.2) is 18.2 Å². The lowest BCUT2D eigenvalue weighted by atomic mass is 10.1. The van der Waals surface area contributed by atoms with Crippen molar-refractivity contribution in [2.24, 2.45) is 0 Å². The predicted octanol–water partition coefficient (Wildman–Crippen LogP) is 1.70. The minimum atomic E-state index is 0.244. The van der Waals surface area contributed by atoms with Crippen LogP contribution >= 0.6 is 0 Å². The summed E-state index contributed by atoms with van der Waals surface area (Å²) in [6, 6.07) is 8.68. The molecule has 1 aliphatic rings. The Morgan fingerprint density at radius 1 is 1.56 bits per heavy atom. The smallest absolute Gasteiger partial charge is 0.142 e. The molecule has 0 amide bonds. The second-order valence-electron chi connectivity index (χ2n) is 4.63. The van der Waals surface area contributed by atoms with Gasteiger partial charge in [-0.25, -0.2) is 0 Å². The molecule has 4 nitrogen and oxygen atoms in total. The maximum atomic E-state index is 8.79. The molecule has 1 N–H and O–H groups in total. The number of anilines is 1. The number of ether oxygens (including phenoxy) is 1. The number of methoxy groups -OCH3 is 1. The summed E-state index contributed by atoms with van der Waals surface area (Å²) in [6.07, 6.45) is 0.546. The van der Waals surface area contributed by atoms with Crippen molar-refractivity contribution in [3.8, 4) is 11.8 Å². The van der Waals surface area contributed by atoms with Crippen molar-refractivity contribution in [2.45, 2.75) is 19.4 Å². The van der Waals surface area contributed by atoms with Gasteiger partial charge in [-0.2, -0.15) is 5.26 Å². The third kappa shape index (κ3) is 2.74. The van der Waals surface area contributed by atoms with Crippen molar-refractivity contribution in [2.75, 3.05) is 31.6 Å². The van der Waals surface area contributed by atoms with Crippen molar-refractivity contribution >= 4 is 5.69 Å². The highest BCUT2D eigenvalue weighted by Crippen LogP contribution is 2.30. The SMILES string of the molecule is COc1ccc(C)cc1N1CCNC(CC#N)C1. The van der Waals surface area contributed by atoms with Gasteiger partial charge in [-0.15, -0.1) is 0 Å². The van der Waals surface area contributed by atoms with E-state index in [4.69, 9.17) is 10.00 Å². The molecule has 1 unspecified atom stereocenters. The zero-order valence-electron chi connectivity index (χ0n) is 10.9. The minimum Gasteiger partial charge on any atom is -0.495 e. The first kappa shape index (κ1) is 12.7. The van der Waals surface area contributed by atoms with Crippen LogP contribution < -0.4 is 15.0 Å². The average molecular weight is 245 g/mol. The molecular weight excluding hydrogens is 226 g/mol. The highest BCUT2D eigenvalue weighted by molar-refractivity contribution is 5.60. The Morgan fingerprint density at radius 3 is 3.11 bits per heavy atom. The summed E-state index contributed by atoms with van der Waals surface area (Å²) in [4.78, 5) is 2.30. The van der Waals surface area contributed by atoms with E-state index in [1.165, 1.54) is 5.56 Å². The zero-order chi connectivity index (χ0) is 13.0. The molecule has 0 bridgehead atoms. The summed E-state index contributed by atoms with van der Waals surface area (Å²) in [6.45, 7) is 4.79. The second-order valence-corrected chi connectivity index (χ2v) is 4.63. The minimum absolute atomic E-state index is 0.244. The number of piperazine rings is 1. The van der Waals surface area contributed by atoms with Crippen molar-refractivity contribution < 1.29 is 4.74 Å². The molecule has 1 aromatic rings. The fourth-order valence-electron chi connectivity index (χ4n) is 2.34. The molecule has 1 saturated heterocycles. The Balaban J connectivity index is 2.20. The Bertz CT molecular complexity index is 453. The lowest BCUT2D eigenvalue weighted by molar-refractivity contribution is 0.408. The van der Waals surface area contributed by atoms with E-state index >= 15 is 0 Å². The van der Waals surface area contributed by atoms with Crippen molar-refractivity contribution in [1.82, 2.24) is 5.32 Å². The normalized spacial score (nSPS) is 19.4. The molecule has 1 aromatic carbocycles. The van der Waals surface area contributed by atoms with Gasteiger partial charge >= 0.3 is 0 Å². The van der Waals surface area contributed by atoms with Gasteiger partial charge in [0, 0.05) is 25.7 Å². The van der Waals surface area contributed by atoms with E-state index in [0.29, 0.717) is 6.42 Å². The first-order chi connectivity index (χ1) is 8.74. The molecule has 1 fully saturated rings. The molecule has 1 atom stereocenters. The molecule has 1 heterocycles. The molecule has 18 heavy (non-hydrogen) atoms. The van der Waals surface area contributed by atoms with E-state index in [2.05, 4.69) is 35.3 Å². The number of aryl methyl sites for hydroxylation is 1. The van der Waals surface area contributed by atoms with Gasteiger partial charge in [0.15, 0.2) is 0 Å². The van der Waals surface area contributed by atoms with Crippen molar-refractivity contribution in [1.29, 1.82) is 5.26 Å². The van der Waals surface area contributed by atoms with Crippen LogP contribution in [0.25, 0.3) is 0 Å². The van der Waals surface area contributed by atoms with Crippen LogP contribution in [-0.4, -0.2) is 32.8 Å². The van der Waals surface area contributed by atoms with Crippen LogP contribution in [0.5, 0.6) is 5.75 Å². The molecule has 0 saturated carbocycles. The summed E-state index contributed by atoms with van der Waals surface area (Å²) in [5.74, 6) is 0.901. The van der Waals surface area contributed by atoms with Gasteiger partial charge in [0.2, 0.25) is 0 Å². The first-order valence-corrected chi connectivity index (χ1v) is 6.24. The standard InChI is InChI=1S/C14H19N3O/c1-11-3-4-14(18-2)13(9-11)17-8-7-16-12(10-17)5-6-15/h3-4,9,12,16H,5,7-8,10H2,1-2H3. The van der Waals surface area contributed by atoms with Gasteiger partial charge in [-0.05, 0) is 24.6 Å². The van der Waals surface area contributed by atoms with E-state index in [0.717, 1.165) is 31.1 Å². The highest BCUT2D eigenvalue weighted by atomic mass is 16.5. The molecule has 0 radical (unpaired) electrons. The van der Waals surface area contributed by atoms with Crippen LogP contribution in [0.2, 0.25) is 0 Å². The topological polar surface area (TPSA) is 48.3 Å². The molecule has 0 spiro atoms. The third-order valence-electron chi connectivity index (χ3n) is 3.27. The monoisotopic (exact) mass is 245 g/mol. The van der Waals surface area contributed by atoms with Crippen LogP contribution in [-0.2, 0) is 0 Å². The van der Waals surface area contributed by atoms with E-state index in [9.17, 15) is 0 Å². The Hall–Kier alpha value is -1.73. The van der Waals surface area contributed by atoms with Gasteiger partial charge < -0.3 is 15.0 Å². The third-order valence-corrected chi connectivity index (χ3v) is 3.27. The van der Waals surface area contributed by atoms with Crippen molar-refractivity contribution in [3.05, 3.63) is 23.8 Å². The quantitative estimate of drug-likeness (QED) is 0.880. The maximum absolute atomic E-state index is 8.79. The fourth-order valence-corrected chi connectivity index (χ4v) is 2.34. The maximum Gasteiger partial charge on any atom is 0.142 e. The van der Waals surface area contributed by atoms with Crippen LogP contribution in [0.4, 0.5) is 5.69 Å². The first-order valence-electron chi connectivity index (χ1n) is 6.24. The largest absolute Gasteiger partial charge is 0.495 e. The summed E-state index contributed by atoms with van der Waals surface area (Å²) >= 11 is 0. The van der Waals surface area contributed by atoms with Gasteiger partial charge in [0.05, 0.1) is 25.3 Å². The second kappa shape index (κ2) is 5.74. The van der Waals surface area contributed by atoms with Crippen LogP contribution in [0.3, 0.4) is 0 Å². The highest BCUT2D eigenvalue weighted by Gasteiger charge is 2.21. The van der Waals surface area contributed by atoms with Crippen LogP contribution in [0, 0.1) is 18.3 Å². The number of nitriles is 1. The molecule has 96 valence electrons. The Kier molecular flexibility index (Phi) is 4.06. The van der Waals surface area contributed by atoms with Gasteiger partial charge in [-0.1, -0.05) is 6.07 Å². The molecular formula is C14H19N3O. The molecule has 2 rings (SSSR count). The fraction of sp³-hybridized carbons (Fsp3) is 0.500. The molecule has 1 aliphatic heterocycles. The van der Waals surface area contributed by atoms with E-state index < -0.39 is 0 Å². The van der Waals surface area contributed by atoms with Crippen molar-refractivity contribution in [3.63, 3.8) is 0 Å². The van der Waals surface area contributed by atoms with E-state index in [1.54, 1.807) is 7.11 Å². The molecule has 0 aromatic heterocycles. The van der Waals surface area contributed by atoms with Gasteiger partial charge in [0.1, 0.15) is 5.75 Å². The lowest BCUT2D eigenvalue weighted by Gasteiger charge is -2.35. The number of hydrogen-bond acceptors (Lipinski definition) is 4. The Morgan fingerprint density at radius 2 is 2.39 bits per heavy atom. The van der Waals surface area contributed by atoms with Gasteiger partial charge in [-0.3, -0.25) is 0 Å². The number of hydrogen-bond donors (Lipinski definition) is 1. The zero-order valence-corrected chi connectivity index (χ0v) is 10.9. The molecule has 4 heteroatoms. The van der Waals surface area contributed by atoms with Gasteiger partial charge in [0.25, 0.3) is 0 Å². The van der Waals surface area contributed by atoms with E-state index in [1.807, 2.05) is 6.07 Å². The average Bonchev–Trinajstić information content (AvgIpc) is 2.39. The number of benzene rings is 1. The summed E-state index contributed by atoms with van der Waals surface area (Å²) < 4.78 is 5.42. The predicted molar refractivity (Wildman–Crippen MR) is 72.0 cm³/mol. The van der Waals surface area contributed by atoms with E-state index in [-0.39, 0.29) is 6.04 Å². The summed E-state index contributed by atoms with van der Waals surface area (Å²) in [5, 5.41) is 12.2. The number of rotatable bonds is 3. The summed E-state index contributed by atoms with van der Waals surface area (Å²) in [5.41, 5.74) is 2.35. The number of nitrogens with one attached hydrogen (secondary N) is 1. The lowest BCUT2D eigenvalue weighted by Crippen LogP contribution is -2.50. The summed E-state index contributed by atoms with van der Waals surface area (Å²) in [7, 11) is 1.70.